The molecule has 0 aliphatic carbocycles. The summed E-state index contributed by atoms with van der Waals surface area (Å²) in [6, 6.07) is 0. The van der Waals surface area contributed by atoms with Crippen molar-refractivity contribution in [2.45, 2.75) is 12.1 Å². The molecule has 0 atom stereocenters. The van der Waals surface area contributed by atoms with Crippen LogP contribution in [0.15, 0.2) is 18.6 Å². The fourth-order valence-electron chi connectivity index (χ4n) is 0.877. The van der Waals surface area contributed by atoms with Gasteiger partial charge in [-0.15, -0.1) is 0 Å². The minimum absolute atomic E-state index is 0.00373. The van der Waals surface area contributed by atoms with Gasteiger partial charge in [-0.1, -0.05) is 0 Å². The van der Waals surface area contributed by atoms with Gasteiger partial charge in [0, 0.05) is 37.4 Å². The molecular weight excluding hydrogens is 227 g/mol. The van der Waals surface area contributed by atoms with Crippen LogP contribution in [0.5, 0.6) is 0 Å². The first-order chi connectivity index (χ1) is 7.08. The van der Waals surface area contributed by atoms with Gasteiger partial charge in [0.1, 0.15) is 0 Å². The second-order valence-electron chi connectivity index (χ2n) is 2.67. The molecule has 0 spiro atoms. The molecule has 0 bridgehead atoms. The van der Waals surface area contributed by atoms with Crippen molar-refractivity contribution < 1.29 is 13.2 Å². The summed E-state index contributed by atoms with van der Waals surface area (Å²) < 4.78 is 35.2. The van der Waals surface area contributed by atoms with Crippen LogP contribution in [-0.4, -0.2) is 27.8 Å². The number of hydrogen-bond donors (Lipinski definition) is 1. The lowest BCUT2D eigenvalue weighted by Gasteiger charge is -2.06. The van der Waals surface area contributed by atoms with Crippen LogP contribution in [0.4, 0.5) is 13.2 Å². The molecule has 1 aromatic rings. The van der Waals surface area contributed by atoms with Gasteiger partial charge in [-0.25, -0.2) is 0 Å². The van der Waals surface area contributed by atoms with Crippen molar-refractivity contribution in [1.82, 2.24) is 15.3 Å². The second-order valence-corrected chi connectivity index (χ2v) is 3.83. The first kappa shape index (κ1) is 12.3. The lowest BCUT2D eigenvalue weighted by molar-refractivity contribution is -0.0327. The summed E-state index contributed by atoms with van der Waals surface area (Å²) in [5.74, 6) is 0.00373. The number of alkyl halides is 3. The molecule has 3 nitrogen and oxygen atoms in total. The lowest BCUT2D eigenvalue weighted by atomic mass is 10.4. The summed E-state index contributed by atoms with van der Waals surface area (Å²) in [5, 5.41) is 2.85. The number of aromatic nitrogens is 2. The van der Waals surface area contributed by atoms with Gasteiger partial charge < -0.3 is 5.32 Å². The maximum atomic E-state index is 11.7. The Balaban J connectivity index is 2.08. The number of hydrogen-bond acceptors (Lipinski definition) is 4. The molecule has 0 saturated heterocycles. The molecule has 1 heterocycles. The molecule has 0 aromatic carbocycles. The standard InChI is InChI=1S/C8H10F3N3S/c9-8(10,11)15-4-3-13-6-7-5-12-1-2-14-7/h1-2,5,13H,3-4,6H2. The molecule has 1 aromatic heterocycles. The molecule has 0 unspecified atom stereocenters. The van der Waals surface area contributed by atoms with E-state index >= 15 is 0 Å². The highest BCUT2D eigenvalue weighted by Gasteiger charge is 2.27. The van der Waals surface area contributed by atoms with Gasteiger partial charge in [-0.3, -0.25) is 9.97 Å². The summed E-state index contributed by atoms with van der Waals surface area (Å²) in [7, 11) is 0. The van der Waals surface area contributed by atoms with Crippen molar-refractivity contribution in [1.29, 1.82) is 0 Å². The molecule has 0 aliphatic rings. The zero-order valence-corrected chi connectivity index (χ0v) is 8.61. The Kier molecular flexibility index (Phi) is 4.83. The van der Waals surface area contributed by atoms with Crippen LogP contribution in [-0.2, 0) is 6.54 Å². The van der Waals surface area contributed by atoms with E-state index in [1.165, 1.54) is 0 Å². The summed E-state index contributed by atoms with van der Waals surface area (Å²) in [6.45, 7) is 0.729. The molecule has 1 N–H and O–H groups in total. The largest absolute Gasteiger partial charge is 0.441 e. The maximum Gasteiger partial charge on any atom is 0.441 e. The predicted octanol–water partition coefficient (Wildman–Crippen LogP) is 1.82. The second kappa shape index (κ2) is 5.92. The van der Waals surface area contributed by atoms with Crippen LogP contribution in [0.2, 0.25) is 0 Å². The average molecular weight is 237 g/mol. The molecular formula is C8H10F3N3S. The SMILES string of the molecule is FC(F)(F)SCCNCc1cnccn1. The molecule has 0 radical (unpaired) electrons. The highest BCUT2D eigenvalue weighted by atomic mass is 32.2. The van der Waals surface area contributed by atoms with Gasteiger partial charge in [-0.2, -0.15) is 13.2 Å². The Morgan fingerprint density at radius 1 is 1.33 bits per heavy atom. The van der Waals surface area contributed by atoms with Gasteiger partial charge in [-0.05, 0) is 11.8 Å². The Bertz CT molecular complexity index is 278. The van der Waals surface area contributed by atoms with Crippen molar-refractivity contribution in [2.24, 2.45) is 0 Å². The monoisotopic (exact) mass is 237 g/mol. The summed E-state index contributed by atoms with van der Waals surface area (Å²) >= 11 is -0.0298. The van der Waals surface area contributed by atoms with E-state index in [0.29, 0.717) is 13.1 Å². The smallest absolute Gasteiger partial charge is 0.310 e. The highest BCUT2D eigenvalue weighted by Crippen LogP contribution is 2.29. The van der Waals surface area contributed by atoms with E-state index in [4.69, 9.17) is 0 Å². The van der Waals surface area contributed by atoms with E-state index < -0.39 is 5.51 Å². The average Bonchev–Trinajstić information content (AvgIpc) is 2.17. The van der Waals surface area contributed by atoms with E-state index in [0.717, 1.165) is 5.69 Å². The Morgan fingerprint density at radius 2 is 2.13 bits per heavy atom. The van der Waals surface area contributed by atoms with Gasteiger partial charge in [0.25, 0.3) is 0 Å². The third-order valence-corrected chi connectivity index (χ3v) is 2.20. The van der Waals surface area contributed by atoms with E-state index in [2.05, 4.69) is 15.3 Å². The van der Waals surface area contributed by atoms with Gasteiger partial charge in [0.15, 0.2) is 0 Å². The third-order valence-electron chi connectivity index (χ3n) is 1.47. The molecule has 7 heteroatoms. The third kappa shape index (κ3) is 6.29. The predicted molar refractivity (Wildman–Crippen MR) is 52.3 cm³/mol. The van der Waals surface area contributed by atoms with Crippen molar-refractivity contribution in [3.05, 3.63) is 24.3 Å². The number of halogens is 3. The zero-order chi connectivity index (χ0) is 11.1. The minimum Gasteiger partial charge on any atom is -0.310 e. The van der Waals surface area contributed by atoms with Crippen LogP contribution in [0, 0.1) is 0 Å². The van der Waals surface area contributed by atoms with Gasteiger partial charge in [0.05, 0.1) is 5.69 Å². The molecule has 15 heavy (non-hydrogen) atoms. The van der Waals surface area contributed by atoms with Crippen molar-refractivity contribution in [3.63, 3.8) is 0 Å². The molecule has 0 saturated carbocycles. The van der Waals surface area contributed by atoms with Crippen LogP contribution in [0.25, 0.3) is 0 Å². The molecule has 1 rings (SSSR count). The normalized spacial score (nSPS) is 11.7. The fraction of sp³-hybridized carbons (Fsp3) is 0.500. The van der Waals surface area contributed by atoms with Gasteiger partial charge in [0.2, 0.25) is 0 Å². The number of nitrogens with one attached hydrogen (secondary N) is 1. The first-order valence-corrected chi connectivity index (χ1v) is 5.23. The molecule has 0 aliphatic heterocycles. The fourth-order valence-corrected chi connectivity index (χ4v) is 1.35. The quantitative estimate of drug-likeness (QED) is 0.793. The minimum atomic E-state index is -4.14. The van der Waals surface area contributed by atoms with Crippen molar-refractivity contribution in [2.75, 3.05) is 12.3 Å². The van der Waals surface area contributed by atoms with E-state index in [-0.39, 0.29) is 17.5 Å². The van der Waals surface area contributed by atoms with Crippen LogP contribution in [0.1, 0.15) is 5.69 Å². The summed E-state index contributed by atoms with van der Waals surface area (Å²) in [6.07, 6.45) is 4.66. The van der Waals surface area contributed by atoms with Crippen LogP contribution >= 0.6 is 11.8 Å². The molecule has 0 fully saturated rings. The Morgan fingerprint density at radius 3 is 2.73 bits per heavy atom. The highest BCUT2D eigenvalue weighted by molar-refractivity contribution is 8.00. The molecule has 84 valence electrons. The van der Waals surface area contributed by atoms with Crippen molar-refractivity contribution in [3.8, 4) is 0 Å². The Hall–Kier alpha value is -0.820. The molecule has 0 amide bonds. The van der Waals surface area contributed by atoms with Crippen LogP contribution < -0.4 is 5.32 Å². The zero-order valence-electron chi connectivity index (χ0n) is 7.79. The lowest BCUT2D eigenvalue weighted by Crippen LogP contribution is -2.19. The number of nitrogens with zero attached hydrogens (tertiary/aromatic N) is 2. The van der Waals surface area contributed by atoms with Gasteiger partial charge >= 0.3 is 5.51 Å². The Labute approximate surface area is 89.5 Å². The summed E-state index contributed by atoms with van der Waals surface area (Å²) in [5.41, 5.74) is -3.43. The summed E-state index contributed by atoms with van der Waals surface area (Å²) in [4.78, 5) is 7.81. The van der Waals surface area contributed by atoms with E-state index in [9.17, 15) is 13.2 Å². The van der Waals surface area contributed by atoms with Crippen LogP contribution in [0.3, 0.4) is 0 Å². The maximum absolute atomic E-state index is 11.7. The topological polar surface area (TPSA) is 37.8 Å². The number of rotatable bonds is 5. The van der Waals surface area contributed by atoms with E-state index in [1.807, 2.05) is 0 Å². The van der Waals surface area contributed by atoms with E-state index in [1.54, 1.807) is 18.6 Å². The number of thioether (sulfide) groups is 1. The first-order valence-electron chi connectivity index (χ1n) is 4.24. The van der Waals surface area contributed by atoms with Crippen molar-refractivity contribution >= 4 is 11.8 Å².